The molecule has 0 fully saturated rings. The fourth-order valence-corrected chi connectivity index (χ4v) is 1.92. The second-order valence-corrected chi connectivity index (χ2v) is 4.42. The molecule has 1 N–H and O–H groups in total. The van der Waals surface area contributed by atoms with Crippen molar-refractivity contribution in [1.82, 2.24) is 4.98 Å². The van der Waals surface area contributed by atoms with Crippen LogP contribution in [0.4, 0.5) is 11.7 Å². The van der Waals surface area contributed by atoms with Crippen LogP contribution >= 0.6 is 11.6 Å². The lowest BCUT2D eigenvalue weighted by molar-refractivity contribution is 0.415. The zero-order chi connectivity index (χ0) is 13.2. The lowest BCUT2D eigenvalue weighted by atomic mass is 10.3. The Morgan fingerprint density at radius 2 is 1.95 bits per heavy atom. The number of nitrogens with one attached hydrogen (secondary N) is 1. The predicted octanol–water partition coefficient (Wildman–Crippen LogP) is 4.23. The summed E-state index contributed by atoms with van der Waals surface area (Å²) in [5, 5.41) is 3.72. The molecule has 19 heavy (non-hydrogen) atoms. The topological polar surface area (TPSA) is 47.3 Å². The molecule has 3 rings (SSSR count). The van der Waals surface area contributed by atoms with Crippen LogP contribution in [0.5, 0.6) is 5.75 Å². The van der Waals surface area contributed by atoms with Gasteiger partial charge in [0.15, 0.2) is 5.58 Å². The van der Waals surface area contributed by atoms with E-state index in [-0.39, 0.29) is 0 Å². The van der Waals surface area contributed by atoms with Gasteiger partial charge in [-0.15, -0.1) is 0 Å². The molecule has 0 saturated carbocycles. The Morgan fingerprint density at radius 3 is 2.68 bits per heavy atom. The molecule has 0 amide bonds. The van der Waals surface area contributed by atoms with E-state index < -0.39 is 0 Å². The molecule has 5 heteroatoms. The van der Waals surface area contributed by atoms with E-state index in [0.29, 0.717) is 16.6 Å². The van der Waals surface area contributed by atoms with E-state index in [0.717, 1.165) is 17.0 Å². The third kappa shape index (κ3) is 2.48. The Morgan fingerprint density at radius 1 is 1.16 bits per heavy atom. The van der Waals surface area contributed by atoms with Crippen molar-refractivity contribution in [3.8, 4) is 5.75 Å². The second kappa shape index (κ2) is 4.82. The molecule has 0 bridgehead atoms. The highest BCUT2D eigenvalue weighted by atomic mass is 35.5. The minimum Gasteiger partial charge on any atom is -0.497 e. The van der Waals surface area contributed by atoms with Crippen molar-refractivity contribution in [3.05, 3.63) is 47.5 Å². The van der Waals surface area contributed by atoms with Crippen molar-refractivity contribution in [3.63, 3.8) is 0 Å². The van der Waals surface area contributed by atoms with Gasteiger partial charge in [0.05, 0.1) is 7.11 Å². The lowest BCUT2D eigenvalue weighted by Crippen LogP contribution is -1.90. The largest absolute Gasteiger partial charge is 0.497 e. The van der Waals surface area contributed by atoms with E-state index in [9.17, 15) is 0 Å². The van der Waals surface area contributed by atoms with Crippen LogP contribution in [-0.2, 0) is 0 Å². The first-order chi connectivity index (χ1) is 9.24. The minimum atomic E-state index is 0.433. The summed E-state index contributed by atoms with van der Waals surface area (Å²) in [6.45, 7) is 0. The number of fused-ring (bicyclic) bond motifs is 1. The number of oxazole rings is 1. The number of nitrogens with zero attached hydrogens (tertiary/aromatic N) is 1. The molecule has 3 aromatic rings. The number of ether oxygens (including phenoxy) is 1. The summed E-state index contributed by atoms with van der Waals surface area (Å²) in [6, 6.07) is 13.3. The van der Waals surface area contributed by atoms with Crippen LogP contribution in [0, 0.1) is 0 Å². The summed E-state index contributed by atoms with van der Waals surface area (Å²) in [5.41, 5.74) is 2.29. The molecule has 0 aliphatic rings. The number of benzene rings is 2. The number of anilines is 2. The third-order valence-electron chi connectivity index (χ3n) is 2.69. The second-order valence-electron chi connectivity index (χ2n) is 3.98. The van der Waals surface area contributed by atoms with Crippen LogP contribution in [-0.4, -0.2) is 12.1 Å². The van der Waals surface area contributed by atoms with Gasteiger partial charge in [0.2, 0.25) is 0 Å². The molecule has 0 aliphatic carbocycles. The highest BCUT2D eigenvalue weighted by molar-refractivity contribution is 6.31. The summed E-state index contributed by atoms with van der Waals surface area (Å²) in [5.74, 6) is 0.801. The van der Waals surface area contributed by atoms with E-state index >= 15 is 0 Å². The van der Waals surface area contributed by atoms with Gasteiger partial charge >= 0.3 is 0 Å². The highest BCUT2D eigenvalue weighted by Gasteiger charge is 2.06. The zero-order valence-electron chi connectivity index (χ0n) is 10.2. The molecule has 0 aliphatic heterocycles. The van der Waals surface area contributed by atoms with Gasteiger partial charge in [0.1, 0.15) is 11.3 Å². The summed E-state index contributed by atoms with van der Waals surface area (Å²) in [7, 11) is 1.63. The van der Waals surface area contributed by atoms with E-state index in [4.69, 9.17) is 20.8 Å². The number of hydrogen-bond donors (Lipinski definition) is 1. The van der Waals surface area contributed by atoms with Crippen molar-refractivity contribution in [2.24, 2.45) is 0 Å². The molecule has 4 nitrogen and oxygen atoms in total. The van der Waals surface area contributed by atoms with Crippen LogP contribution in [0.25, 0.3) is 11.1 Å². The van der Waals surface area contributed by atoms with Crippen LogP contribution in [0.3, 0.4) is 0 Å². The van der Waals surface area contributed by atoms with Crippen molar-refractivity contribution in [2.45, 2.75) is 0 Å². The van der Waals surface area contributed by atoms with Crippen molar-refractivity contribution >= 4 is 34.4 Å². The van der Waals surface area contributed by atoms with Gasteiger partial charge in [0, 0.05) is 10.7 Å². The average Bonchev–Trinajstić information content (AvgIpc) is 2.81. The van der Waals surface area contributed by atoms with Gasteiger partial charge in [0.25, 0.3) is 6.01 Å². The first kappa shape index (κ1) is 11.9. The molecule has 2 aromatic carbocycles. The van der Waals surface area contributed by atoms with Gasteiger partial charge < -0.3 is 14.5 Å². The maximum absolute atomic E-state index is 5.91. The molecule has 0 spiro atoms. The number of aromatic nitrogens is 1. The maximum Gasteiger partial charge on any atom is 0.300 e. The van der Waals surface area contributed by atoms with Crippen molar-refractivity contribution in [2.75, 3.05) is 12.4 Å². The molecular weight excluding hydrogens is 264 g/mol. The molecule has 0 saturated heterocycles. The van der Waals surface area contributed by atoms with E-state index in [2.05, 4.69) is 10.3 Å². The molecule has 96 valence electrons. The molecule has 1 aromatic heterocycles. The van der Waals surface area contributed by atoms with Gasteiger partial charge in [-0.3, -0.25) is 0 Å². The van der Waals surface area contributed by atoms with Crippen LogP contribution in [0.2, 0.25) is 5.02 Å². The maximum atomic E-state index is 5.91. The first-order valence-electron chi connectivity index (χ1n) is 5.72. The van der Waals surface area contributed by atoms with Gasteiger partial charge in [-0.1, -0.05) is 11.6 Å². The molecular formula is C14H11ClN2O2. The quantitative estimate of drug-likeness (QED) is 0.776. The van der Waals surface area contributed by atoms with Gasteiger partial charge in [-0.25, -0.2) is 0 Å². The Kier molecular flexibility index (Phi) is 3.01. The molecule has 0 radical (unpaired) electrons. The standard InChI is InChI=1S/C14H11ClN2O2/c1-18-11-5-3-10(4-6-11)16-14-17-12-8-9(15)2-7-13(12)19-14/h2-8H,1H3,(H,16,17). The van der Waals surface area contributed by atoms with Gasteiger partial charge in [-0.2, -0.15) is 4.98 Å². The number of halogens is 1. The van der Waals surface area contributed by atoms with Crippen molar-refractivity contribution in [1.29, 1.82) is 0 Å². The van der Waals surface area contributed by atoms with E-state index in [1.165, 1.54) is 0 Å². The first-order valence-corrected chi connectivity index (χ1v) is 6.09. The van der Waals surface area contributed by atoms with E-state index in [1.807, 2.05) is 24.3 Å². The Bertz CT molecular complexity index is 707. The Balaban J connectivity index is 1.87. The lowest BCUT2D eigenvalue weighted by Gasteiger charge is -2.02. The number of methoxy groups -OCH3 is 1. The minimum absolute atomic E-state index is 0.433. The summed E-state index contributed by atoms with van der Waals surface area (Å²) < 4.78 is 10.7. The summed E-state index contributed by atoms with van der Waals surface area (Å²) >= 11 is 5.91. The third-order valence-corrected chi connectivity index (χ3v) is 2.93. The molecule has 0 atom stereocenters. The monoisotopic (exact) mass is 274 g/mol. The smallest absolute Gasteiger partial charge is 0.300 e. The SMILES string of the molecule is COc1ccc(Nc2nc3cc(Cl)ccc3o2)cc1. The average molecular weight is 275 g/mol. The summed E-state index contributed by atoms with van der Waals surface area (Å²) in [6.07, 6.45) is 0. The summed E-state index contributed by atoms with van der Waals surface area (Å²) in [4.78, 5) is 4.32. The normalized spacial score (nSPS) is 10.6. The van der Waals surface area contributed by atoms with Crippen LogP contribution < -0.4 is 10.1 Å². The molecule has 1 heterocycles. The number of hydrogen-bond acceptors (Lipinski definition) is 4. The van der Waals surface area contributed by atoms with Crippen LogP contribution in [0.1, 0.15) is 0 Å². The predicted molar refractivity (Wildman–Crippen MR) is 75.3 cm³/mol. The van der Waals surface area contributed by atoms with E-state index in [1.54, 1.807) is 25.3 Å². The van der Waals surface area contributed by atoms with Crippen LogP contribution in [0.15, 0.2) is 46.9 Å². The fourth-order valence-electron chi connectivity index (χ4n) is 1.75. The Labute approximate surface area is 115 Å². The van der Waals surface area contributed by atoms with Crippen molar-refractivity contribution < 1.29 is 9.15 Å². The Hall–Kier alpha value is -2.20. The zero-order valence-corrected chi connectivity index (χ0v) is 10.9. The van der Waals surface area contributed by atoms with Gasteiger partial charge in [-0.05, 0) is 42.5 Å². The number of rotatable bonds is 3. The molecule has 0 unspecified atom stereocenters. The fraction of sp³-hybridized carbons (Fsp3) is 0.0714. The highest BCUT2D eigenvalue weighted by Crippen LogP contribution is 2.25.